The monoisotopic (exact) mass is 381 g/mol. The third-order valence-electron chi connectivity index (χ3n) is 3.18. The lowest BCUT2D eigenvalue weighted by atomic mass is 10.1. The molecule has 20 heavy (non-hydrogen) atoms. The van der Waals surface area contributed by atoms with Crippen LogP contribution in [0.25, 0.3) is 0 Å². The van der Waals surface area contributed by atoms with Crippen molar-refractivity contribution in [2.75, 3.05) is 13.6 Å². The van der Waals surface area contributed by atoms with Crippen LogP contribution in [0.2, 0.25) is 0 Å². The van der Waals surface area contributed by atoms with Gasteiger partial charge in [-0.3, -0.25) is 0 Å². The van der Waals surface area contributed by atoms with Gasteiger partial charge in [0, 0.05) is 6.42 Å². The molecule has 0 aliphatic heterocycles. The van der Waals surface area contributed by atoms with E-state index in [9.17, 15) is 0 Å². The maximum Gasteiger partial charge on any atom is 0.133 e. The molecule has 0 spiro atoms. The van der Waals surface area contributed by atoms with Crippen LogP contribution in [0, 0.1) is 10.5 Å². The molecule has 0 bridgehead atoms. The fourth-order valence-corrected chi connectivity index (χ4v) is 2.89. The van der Waals surface area contributed by atoms with Crippen LogP contribution in [0.15, 0.2) is 48.5 Å². The maximum absolute atomic E-state index is 6.24. The minimum absolute atomic E-state index is 0.0832. The van der Waals surface area contributed by atoms with E-state index in [1.54, 1.807) is 0 Å². The molecule has 0 aliphatic rings. The quantitative estimate of drug-likeness (QED) is 0.753. The molecule has 2 aromatic rings. The van der Waals surface area contributed by atoms with E-state index in [0.29, 0.717) is 0 Å². The molecule has 0 aliphatic carbocycles. The molecule has 0 saturated carbocycles. The maximum atomic E-state index is 6.24. The van der Waals surface area contributed by atoms with Gasteiger partial charge in [-0.25, -0.2) is 0 Å². The van der Waals surface area contributed by atoms with Crippen LogP contribution in [-0.4, -0.2) is 13.6 Å². The number of rotatable bonds is 6. The molecule has 0 heterocycles. The first-order valence-corrected chi connectivity index (χ1v) is 7.91. The Balaban J connectivity index is 2.19. The third-order valence-corrected chi connectivity index (χ3v) is 4.03. The molecular formula is C17H20INO. The Morgan fingerprint density at radius 2 is 1.90 bits per heavy atom. The molecule has 106 valence electrons. The van der Waals surface area contributed by atoms with Gasteiger partial charge in [-0.1, -0.05) is 36.4 Å². The van der Waals surface area contributed by atoms with Crippen molar-refractivity contribution in [1.29, 1.82) is 0 Å². The highest BCUT2D eigenvalue weighted by Crippen LogP contribution is 2.29. The average molecular weight is 381 g/mol. The zero-order chi connectivity index (χ0) is 14.4. The van der Waals surface area contributed by atoms with Crippen molar-refractivity contribution in [1.82, 2.24) is 5.32 Å². The smallest absolute Gasteiger partial charge is 0.133 e. The molecule has 1 atom stereocenters. The molecule has 0 aromatic heterocycles. The van der Waals surface area contributed by atoms with Crippen molar-refractivity contribution in [3.63, 3.8) is 0 Å². The van der Waals surface area contributed by atoms with E-state index in [1.165, 1.54) is 11.1 Å². The molecule has 0 amide bonds. The highest BCUT2D eigenvalue weighted by Gasteiger charge is 2.14. The van der Waals surface area contributed by atoms with Gasteiger partial charge in [-0.2, -0.15) is 0 Å². The Hall–Kier alpha value is -1.07. The van der Waals surface area contributed by atoms with Crippen LogP contribution in [0.4, 0.5) is 0 Å². The molecule has 0 unspecified atom stereocenters. The Bertz CT molecular complexity index is 542. The average Bonchev–Trinajstić information content (AvgIpc) is 2.46. The fourth-order valence-electron chi connectivity index (χ4n) is 2.09. The Labute approximate surface area is 134 Å². The van der Waals surface area contributed by atoms with Gasteiger partial charge in [0.1, 0.15) is 11.9 Å². The number of ether oxygens (including phenoxy) is 1. The predicted molar refractivity (Wildman–Crippen MR) is 92.3 cm³/mol. The molecule has 1 N–H and O–H groups in total. The van der Waals surface area contributed by atoms with Gasteiger partial charge in [0.05, 0.1) is 3.57 Å². The van der Waals surface area contributed by atoms with Crippen LogP contribution in [-0.2, 0) is 0 Å². The lowest BCUT2D eigenvalue weighted by Gasteiger charge is -2.20. The minimum atomic E-state index is 0.0832. The summed E-state index contributed by atoms with van der Waals surface area (Å²) in [6.45, 7) is 3.03. The van der Waals surface area contributed by atoms with Crippen molar-refractivity contribution in [2.45, 2.75) is 19.4 Å². The topological polar surface area (TPSA) is 21.3 Å². The summed E-state index contributed by atoms with van der Waals surface area (Å²) in [6, 6.07) is 16.7. The molecule has 3 heteroatoms. The molecule has 2 nitrogen and oxygen atoms in total. The summed E-state index contributed by atoms with van der Waals surface area (Å²) in [4.78, 5) is 0. The molecule has 0 radical (unpaired) electrons. The van der Waals surface area contributed by atoms with Crippen molar-refractivity contribution in [3.05, 3.63) is 63.2 Å². The van der Waals surface area contributed by atoms with Gasteiger partial charge in [0.2, 0.25) is 0 Å². The van der Waals surface area contributed by atoms with Crippen molar-refractivity contribution in [3.8, 4) is 5.75 Å². The van der Waals surface area contributed by atoms with E-state index in [4.69, 9.17) is 4.74 Å². The van der Waals surface area contributed by atoms with Gasteiger partial charge in [0.15, 0.2) is 0 Å². The number of hydrogen-bond donors (Lipinski definition) is 1. The zero-order valence-corrected chi connectivity index (χ0v) is 14.1. The van der Waals surface area contributed by atoms with Crippen molar-refractivity contribution in [2.24, 2.45) is 0 Å². The Morgan fingerprint density at radius 3 is 2.55 bits per heavy atom. The predicted octanol–water partition coefficient (Wildman–Crippen LogP) is 4.33. The first kappa shape index (κ1) is 15.3. The van der Waals surface area contributed by atoms with E-state index >= 15 is 0 Å². The van der Waals surface area contributed by atoms with Crippen LogP contribution >= 0.6 is 22.6 Å². The normalized spacial score (nSPS) is 12.2. The SMILES string of the molecule is CNCC[C@@H](Oc1ccc(C)cc1I)c1ccccc1. The van der Waals surface area contributed by atoms with Crippen molar-refractivity contribution < 1.29 is 4.74 Å². The van der Waals surface area contributed by atoms with E-state index in [2.05, 4.69) is 77.3 Å². The Kier molecular flexibility index (Phi) is 5.86. The Morgan fingerprint density at radius 1 is 1.15 bits per heavy atom. The second-order valence-corrected chi connectivity index (χ2v) is 6.01. The summed E-state index contributed by atoms with van der Waals surface area (Å²) in [5, 5.41) is 3.20. The molecular weight excluding hydrogens is 361 g/mol. The van der Waals surface area contributed by atoms with Crippen LogP contribution in [0.5, 0.6) is 5.75 Å². The number of hydrogen-bond acceptors (Lipinski definition) is 2. The summed E-state index contributed by atoms with van der Waals surface area (Å²) in [5.74, 6) is 0.959. The first-order chi connectivity index (χ1) is 9.70. The summed E-state index contributed by atoms with van der Waals surface area (Å²) in [7, 11) is 1.97. The largest absolute Gasteiger partial charge is 0.485 e. The van der Waals surface area contributed by atoms with Gasteiger partial charge in [-0.15, -0.1) is 0 Å². The molecule has 0 fully saturated rings. The van der Waals surface area contributed by atoms with Crippen LogP contribution in [0.3, 0.4) is 0 Å². The van der Waals surface area contributed by atoms with Gasteiger partial charge in [-0.05, 0) is 66.4 Å². The number of halogens is 1. The van der Waals surface area contributed by atoms with Gasteiger partial charge < -0.3 is 10.1 Å². The highest BCUT2D eigenvalue weighted by atomic mass is 127. The lowest BCUT2D eigenvalue weighted by Crippen LogP contribution is -2.16. The van der Waals surface area contributed by atoms with E-state index in [-0.39, 0.29) is 6.10 Å². The molecule has 0 saturated heterocycles. The summed E-state index contributed by atoms with van der Waals surface area (Å²) in [6.07, 6.45) is 1.03. The highest BCUT2D eigenvalue weighted by molar-refractivity contribution is 14.1. The number of nitrogens with one attached hydrogen (secondary N) is 1. The molecule has 2 rings (SSSR count). The van der Waals surface area contributed by atoms with Crippen LogP contribution < -0.4 is 10.1 Å². The summed E-state index contributed by atoms with van der Waals surface area (Å²) < 4.78 is 7.40. The lowest BCUT2D eigenvalue weighted by molar-refractivity contribution is 0.193. The van der Waals surface area contributed by atoms with Gasteiger partial charge in [0.25, 0.3) is 0 Å². The molecule has 2 aromatic carbocycles. The van der Waals surface area contributed by atoms with Crippen LogP contribution in [0.1, 0.15) is 23.7 Å². The minimum Gasteiger partial charge on any atom is -0.485 e. The second kappa shape index (κ2) is 7.64. The number of aryl methyl sites for hydroxylation is 1. The first-order valence-electron chi connectivity index (χ1n) is 6.83. The standard InChI is InChI=1S/C17H20INO/c1-13-8-9-17(15(18)12-13)20-16(10-11-19-2)14-6-4-3-5-7-14/h3-9,12,16,19H,10-11H2,1-2H3/t16-/m1/s1. The van der Waals surface area contributed by atoms with E-state index in [0.717, 1.165) is 22.3 Å². The van der Waals surface area contributed by atoms with E-state index in [1.807, 2.05) is 13.1 Å². The summed E-state index contributed by atoms with van der Waals surface area (Å²) >= 11 is 2.34. The zero-order valence-electron chi connectivity index (χ0n) is 11.9. The second-order valence-electron chi connectivity index (χ2n) is 4.84. The number of benzene rings is 2. The van der Waals surface area contributed by atoms with Crippen molar-refractivity contribution >= 4 is 22.6 Å². The van der Waals surface area contributed by atoms with E-state index < -0.39 is 0 Å². The fraction of sp³-hybridized carbons (Fsp3) is 0.294. The third kappa shape index (κ3) is 4.21. The summed E-state index contributed by atoms with van der Waals surface area (Å²) in [5.41, 5.74) is 2.48. The van der Waals surface area contributed by atoms with Gasteiger partial charge >= 0.3 is 0 Å².